The normalized spacial score (nSPS) is 19.5. The molecule has 5 heteroatoms. The fourth-order valence-electron chi connectivity index (χ4n) is 2.03. The maximum Gasteiger partial charge on any atom is 0.0897 e. The molecule has 1 saturated carbocycles. The van der Waals surface area contributed by atoms with E-state index < -0.39 is 6.10 Å². The highest BCUT2D eigenvalue weighted by molar-refractivity contribution is 8.00. The van der Waals surface area contributed by atoms with Gasteiger partial charge in [0.2, 0.25) is 0 Å². The molecule has 0 spiro atoms. The Morgan fingerprint density at radius 1 is 1.33 bits per heavy atom. The summed E-state index contributed by atoms with van der Waals surface area (Å²) in [5.41, 5.74) is 0. The Kier molecular flexibility index (Phi) is 8.26. The van der Waals surface area contributed by atoms with Crippen molar-refractivity contribution < 1.29 is 14.6 Å². The van der Waals surface area contributed by atoms with Gasteiger partial charge in [-0.25, -0.2) is 0 Å². The van der Waals surface area contributed by atoms with Crippen LogP contribution in [0.15, 0.2) is 0 Å². The Balaban J connectivity index is 1.94. The summed E-state index contributed by atoms with van der Waals surface area (Å²) in [5, 5.41) is 13.1. The largest absolute Gasteiger partial charge is 0.389 e. The average Bonchev–Trinajstić information content (AvgIpc) is 2.32. The van der Waals surface area contributed by atoms with E-state index in [4.69, 9.17) is 9.47 Å². The number of ether oxygens (including phenoxy) is 2. The molecule has 18 heavy (non-hydrogen) atoms. The Morgan fingerprint density at radius 3 is 2.61 bits per heavy atom. The second-order valence-electron chi connectivity index (χ2n) is 4.80. The summed E-state index contributed by atoms with van der Waals surface area (Å²) in [4.78, 5) is 0. The summed E-state index contributed by atoms with van der Waals surface area (Å²) < 4.78 is 10.9. The summed E-state index contributed by atoms with van der Waals surface area (Å²) in [7, 11) is 0. The Hall–Kier alpha value is 0.190. The lowest BCUT2D eigenvalue weighted by Crippen LogP contribution is -2.45. The van der Waals surface area contributed by atoms with Gasteiger partial charge in [0.05, 0.1) is 25.9 Å². The molecular weight excluding hydrogens is 250 g/mol. The van der Waals surface area contributed by atoms with E-state index in [1.807, 2.05) is 18.7 Å². The van der Waals surface area contributed by atoms with Crippen molar-refractivity contribution in [1.82, 2.24) is 5.32 Å². The molecular formula is C13H27NO3S. The molecule has 1 fully saturated rings. The zero-order valence-corrected chi connectivity index (χ0v) is 12.4. The Labute approximate surface area is 115 Å². The van der Waals surface area contributed by atoms with Gasteiger partial charge in [-0.3, -0.25) is 0 Å². The van der Waals surface area contributed by atoms with E-state index >= 15 is 0 Å². The molecule has 0 aromatic heterocycles. The second kappa shape index (κ2) is 9.15. The first-order chi connectivity index (χ1) is 8.72. The smallest absolute Gasteiger partial charge is 0.0897 e. The SMILES string of the molecule is CCOCCOCC(O)CNCC1(SC)CCC1. The zero-order valence-electron chi connectivity index (χ0n) is 11.6. The molecule has 0 amide bonds. The third-order valence-electron chi connectivity index (χ3n) is 3.41. The number of thioether (sulfide) groups is 1. The topological polar surface area (TPSA) is 50.7 Å². The van der Waals surface area contributed by atoms with Crippen molar-refractivity contribution in [2.45, 2.75) is 37.0 Å². The van der Waals surface area contributed by atoms with Crippen molar-refractivity contribution in [3.63, 3.8) is 0 Å². The number of rotatable bonds is 11. The van der Waals surface area contributed by atoms with Gasteiger partial charge in [-0.2, -0.15) is 11.8 Å². The van der Waals surface area contributed by atoms with E-state index in [2.05, 4.69) is 11.6 Å². The fraction of sp³-hybridized carbons (Fsp3) is 1.00. The van der Waals surface area contributed by atoms with E-state index in [-0.39, 0.29) is 0 Å². The maximum atomic E-state index is 9.73. The zero-order chi connectivity index (χ0) is 13.3. The molecule has 108 valence electrons. The lowest BCUT2D eigenvalue weighted by Gasteiger charge is -2.40. The molecule has 1 aliphatic carbocycles. The number of nitrogens with one attached hydrogen (secondary N) is 1. The first kappa shape index (κ1) is 16.2. The van der Waals surface area contributed by atoms with Crippen LogP contribution in [0, 0.1) is 0 Å². The summed E-state index contributed by atoms with van der Waals surface area (Å²) in [6.07, 6.45) is 5.68. The first-order valence-corrected chi connectivity index (χ1v) is 8.04. The van der Waals surface area contributed by atoms with E-state index in [0.717, 1.165) is 6.54 Å². The second-order valence-corrected chi connectivity index (χ2v) is 6.07. The molecule has 0 aromatic carbocycles. The van der Waals surface area contributed by atoms with Crippen LogP contribution in [0.3, 0.4) is 0 Å². The van der Waals surface area contributed by atoms with E-state index in [9.17, 15) is 5.11 Å². The van der Waals surface area contributed by atoms with Crippen molar-refractivity contribution >= 4 is 11.8 Å². The standard InChI is InChI=1S/C13H27NO3S/c1-3-16-7-8-17-10-12(15)9-14-11-13(18-2)5-4-6-13/h12,14-15H,3-11H2,1-2H3. The molecule has 0 bridgehead atoms. The quantitative estimate of drug-likeness (QED) is 0.557. The van der Waals surface area contributed by atoms with Crippen molar-refractivity contribution in [1.29, 1.82) is 0 Å². The number of hydrogen-bond acceptors (Lipinski definition) is 5. The minimum Gasteiger partial charge on any atom is -0.389 e. The van der Waals surface area contributed by atoms with Crippen LogP contribution in [-0.2, 0) is 9.47 Å². The molecule has 0 saturated heterocycles. The Morgan fingerprint density at radius 2 is 2.06 bits per heavy atom. The molecule has 0 radical (unpaired) electrons. The van der Waals surface area contributed by atoms with Gasteiger partial charge in [-0.15, -0.1) is 0 Å². The maximum absolute atomic E-state index is 9.73. The molecule has 1 rings (SSSR count). The highest BCUT2D eigenvalue weighted by Crippen LogP contribution is 2.42. The Bertz CT molecular complexity index is 207. The number of aliphatic hydroxyl groups is 1. The number of aliphatic hydroxyl groups excluding tert-OH is 1. The predicted octanol–water partition coefficient (Wildman–Crippen LogP) is 1.28. The highest BCUT2D eigenvalue weighted by atomic mass is 32.2. The first-order valence-electron chi connectivity index (χ1n) is 6.82. The molecule has 0 heterocycles. The molecule has 1 atom stereocenters. The number of hydrogen-bond donors (Lipinski definition) is 2. The van der Waals surface area contributed by atoms with Crippen molar-refractivity contribution in [2.24, 2.45) is 0 Å². The molecule has 4 nitrogen and oxygen atoms in total. The van der Waals surface area contributed by atoms with E-state index in [1.165, 1.54) is 19.3 Å². The van der Waals surface area contributed by atoms with E-state index in [0.29, 0.717) is 37.7 Å². The molecule has 1 unspecified atom stereocenters. The van der Waals surface area contributed by atoms with Gasteiger partial charge in [0.25, 0.3) is 0 Å². The molecule has 0 aliphatic heterocycles. The van der Waals surface area contributed by atoms with Gasteiger partial charge in [0.1, 0.15) is 0 Å². The van der Waals surface area contributed by atoms with Gasteiger partial charge in [0, 0.05) is 24.4 Å². The van der Waals surface area contributed by atoms with Gasteiger partial charge in [0.15, 0.2) is 0 Å². The lowest BCUT2D eigenvalue weighted by molar-refractivity contribution is 0.00624. The average molecular weight is 277 g/mol. The third-order valence-corrected chi connectivity index (χ3v) is 4.83. The van der Waals surface area contributed by atoms with Crippen LogP contribution in [0.4, 0.5) is 0 Å². The summed E-state index contributed by atoms with van der Waals surface area (Å²) >= 11 is 1.95. The van der Waals surface area contributed by atoms with Crippen molar-refractivity contribution in [2.75, 3.05) is 45.8 Å². The highest BCUT2D eigenvalue weighted by Gasteiger charge is 2.35. The third kappa shape index (κ3) is 5.89. The fourth-order valence-corrected chi connectivity index (χ4v) is 2.97. The van der Waals surface area contributed by atoms with Gasteiger partial charge in [-0.1, -0.05) is 6.42 Å². The van der Waals surface area contributed by atoms with Crippen LogP contribution in [0.5, 0.6) is 0 Å². The lowest BCUT2D eigenvalue weighted by atomic mass is 9.84. The van der Waals surface area contributed by atoms with Crippen LogP contribution < -0.4 is 5.32 Å². The monoisotopic (exact) mass is 277 g/mol. The predicted molar refractivity (Wildman–Crippen MR) is 76.3 cm³/mol. The van der Waals surface area contributed by atoms with Crippen molar-refractivity contribution in [3.05, 3.63) is 0 Å². The van der Waals surface area contributed by atoms with Crippen LogP contribution in [-0.4, -0.2) is 61.7 Å². The van der Waals surface area contributed by atoms with Crippen LogP contribution in [0.25, 0.3) is 0 Å². The minimum atomic E-state index is -0.425. The van der Waals surface area contributed by atoms with Crippen LogP contribution in [0.1, 0.15) is 26.2 Å². The summed E-state index contributed by atoms with van der Waals surface area (Å²) in [6.45, 7) is 5.81. The molecule has 1 aliphatic rings. The summed E-state index contributed by atoms with van der Waals surface area (Å²) in [6, 6.07) is 0. The minimum absolute atomic E-state index is 0.381. The molecule has 0 aromatic rings. The van der Waals surface area contributed by atoms with Gasteiger partial charge < -0.3 is 19.9 Å². The van der Waals surface area contributed by atoms with Gasteiger partial charge >= 0.3 is 0 Å². The van der Waals surface area contributed by atoms with Crippen LogP contribution >= 0.6 is 11.8 Å². The van der Waals surface area contributed by atoms with E-state index in [1.54, 1.807) is 0 Å². The molecule has 2 N–H and O–H groups in total. The summed E-state index contributed by atoms with van der Waals surface area (Å²) in [5.74, 6) is 0. The van der Waals surface area contributed by atoms with Gasteiger partial charge in [-0.05, 0) is 26.0 Å². The van der Waals surface area contributed by atoms with Crippen LogP contribution in [0.2, 0.25) is 0 Å². The van der Waals surface area contributed by atoms with Crippen molar-refractivity contribution in [3.8, 4) is 0 Å².